The molecule has 0 spiro atoms. The molecule has 0 fully saturated rings. The highest BCUT2D eigenvalue weighted by atomic mass is 16.5. The molecule has 2 amide bonds. The smallest absolute Gasteiger partial charge is 0.259 e. The molecular formula is C23H30N2O5. The lowest BCUT2D eigenvalue weighted by Gasteiger charge is -2.21. The first kappa shape index (κ1) is 23.1. The van der Waals surface area contributed by atoms with Crippen LogP contribution in [0.3, 0.4) is 0 Å². The third-order valence-corrected chi connectivity index (χ3v) is 4.73. The van der Waals surface area contributed by atoms with Crippen LogP contribution in [0.25, 0.3) is 0 Å². The quantitative estimate of drug-likeness (QED) is 0.647. The Hall–Kier alpha value is -3.22. The second-order valence-electron chi connectivity index (χ2n) is 7.00. The van der Waals surface area contributed by atoms with Crippen LogP contribution in [0.4, 0.5) is 0 Å². The Morgan fingerprint density at radius 2 is 1.77 bits per heavy atom. The van der Waals surface area contributed by atoms with Gasteiger partial charge in [0.15, 0.2) is 6.61 Å². The van der Waals surface area contributed by atoms with Gasteiger partial charge in [-0.2, -0.15) is 0 Å². The van der Waals surface area contributed by atoms with E-state index < -0.39 is 0 Å². The number of carbonyl (C=O) groups excluding carboxylic acids is 2. The van der Waals surface area contributed by atoms with E-state index in [1.807, 2.05) is 31.2 Å². The standard InChI is InChI=1S/C23H30N2O5/c1-6-19(18-9-7-8-10-20(18)30-15-23(27)25(2)3)24-22(26)13-16-11-12-17(28-4)14-21(16)29-5/h7-12,14,19H,6,13,15H2,1-5H3,(H,24,26). The van der Waals surface area contributed by atoms with Gasteiger partial charge in [0.2, 0.25) is 5.91 Å². The maximum atomic E-state index is 12.7. The van der Waals surface area contributed by atoms with Crippen LogP contribution >= 0.6 is 0 Å². The summed E-state index contributed by atoms with van der Waals surface area (Å²) in [5.41, 5.74) is 1.60. The second kappa shape index (κ2) is 11.1. The van der Waals surface area contributed by atoms with Crippen LogP contribution in [0.2, 0.25) is 0 Å². The van der Waals surface area contributed by atoms with Gasteiger partial charge in [0.05, 0.1) is 26.7 Å². The fourth-order valence-corrected chi connectivity index (χ4v) is 2.98. The van der Waals surface area contributed by atoms with E-state index >= 15 is 0 Å². The molecule has 162 valence electrons. The molecule has 2 rings (SSSR count). The summed E-state index contributed by atoms with van der Waals surface area (Å²) in [6.07, 6.45) is 0.847. The molecular weight excluding hydrogens is 384 g/mol. The lowest BCUT2D eigenvalue weighted by Crippen LogP contribution is -2.31. The topological polar surface area (TPSA) is 77.1 Å². The molecule has 0 heterocycles. The molecule has 0 aliphatic carbocycles. The number of rotatable bonds is 10. The van der Waals surface area contributed by atoms with Crippen molar-refractivity contribution in [2.24, 2.45) is 0 Å². The Labute approximate surface area is 177 Å². The fraction of sp³-hybridized carbons (Fsp3) is 0.391. The summed E-state index contributed by atoms with van der Waals surface area (Å²) in [6.45, 7) is 1.93. The number of amides is 2. The zero-order valence-corrected chi connectivity index (χ0v) is 18.2. The van der Waals surface area contributed by atoms with Crippen molar-refractivity contribution in [3.63, 3.8) is 0 Å². The number of nitrogens with zero attached hydrogens (tertiary/aromatic N) is 1. The zero-order valence-electron chi connectivity index (χ0n) is 18.2. The summed E-state index contributed by atoms with van der Waals surface area (Å²) in [6, 6.07) is 12.6. The molecule has 2 aromatic rings. The van der Waals surface area contributed by atoms with Crippen molar-refractivity contribution < 1.29 is 23.8 Å². The average Bonchev–Trinajstić information content (AvgIpc) is 2.76. The molecule has 1 atom stereocenters. The molecule has 0 saturated carbocycles. The molecule has 0 aromatic heterocycles. The van der Waals surface area contributed by atoms with Gasteiger partial charge in [-0.3, -0.25) is 9.59 Å². The number of nitrogens with one attached hydrogen (secondary N) is 1. The number of methoxy groups -OCH3 is 2. The Morgan fingerprint density at radius 1 is 1.03 bits per heavy atom. The largest absolute Gasteiger partial charge is 0.497 e. The number of hydrogen-bond acceptors (Lipinski definition) is 5. The summed E-state index contributed by atoms with van der Waals surface area (Å²) >= 11 is 0. The first-order valence-electron chi connectivity index (χ1n) is 9.81. The molecule has 2 aromatic carbocycles. The Morgan fingerprint density at radius 3 is 2.40 bits per heavy atom. The van der Waals surface area contributed by atoms with Crippen LogP contribution in [0, 0.1) is 0 Å². The Bertz CT molecular complexity index is 866. The highest BCUT2D eigenvalue weighted by molar-refractivity contribution is 5.80. The number of benzene rings is 2. The van der Waals surface area contributed by atoms with E-state index in [4.69, 9.17) is 14.2 Å². The maximum Gasteiger partial charge on any atom is 0.259 e. The monoisotopic (exact) mass is 414 g/mol. The van der Waals surface area contributed by atoms with E-state index in [9.17, 15) is 9.59 Å². The van der Waals surface area contributed by atoms with Crippen molar-refractivity contribution in [2.45, 2.75) is 25.8 Å². The molecule has 0 bridgehead atoms. The summed E-state index contributed by atoms with van der Waals surface area (Å²) in [5.74, 6) is 1.59. The molecule has 0 aliphatic heterocycles. The van der Waals surface area contributed by atoms with E-state index in [2.05, 4.69) is 5.32 Å². The molecule has 7 heteroatoms. The normalized spacial score (nSPS) is 11.4. The molecule has 0 aliphatic rings. The number of ether oxygens (including phenoxy) is 3. The van der Waals surface area contributed by atoms with Crippen molar-refractivity contribution in [3.05, 3.63) is 53.6 Å². The maximum absolute atomic E-state index is 12.7. The third-order valence-electron chi connectivity index (χ3n) is 4.73. The zero-order chi connectivity index (χ0) is 22.1. The molecule has 0 radical (unpaired) electrons. The van der Waals surface area contributed by atoms with E-state index in [1.165, 1.54) is 4.90 Å². The van der Waals surface area contributed by atoms with Crippen LogP contribution in [0.15, 0.2) is 42.5 Å². The van der Waals surface area contributed by atoms with Gasteiger partial charge in [0.1, 0.15) is 17.2 Å². The van der Waals surface area contributed by atoms with Crippen LogP contribution < -0.4 is 19.5 Å². The lowest BCUT2D eigenvalue weighted by atomic mass is 10.0. The van der Waals surface area contributed by atoms with Gasteiger partial charge in [0.25, 0.3) is 5.91 Å². The van der Waals surface area contributed by atoms with Gasteiger partial charge in [-0.05, 0) is 18.6 Å². The number of likely N-dealkylation sites (N-methyl/N-ethyl adjacent to an activating group) is 1. The number of hydrogen-bond donors (Lipinski definition) is 1. The van der Waals surface area contributed by atoms with Crippen molar-refractivity contribution in [2.75, 3.05) is 34.9 Å². The Balaban J connectivity index is 2.12. The first-order chi connectivity index (χ1) is 14.4. The molecule has 0 saturated heterocycles. The molecule has 7 nitrogen and oxygen atoms in total. The van der Waals surface area contributed by atoms with Crippen molar-refractivity contribution in [1.82, 2.24) is 10.2 Å². The first-order valence-corrected chi connectivity index (χ1v) is 9.81. The van der Waals surface area contributed by atoms with E-state index in [-0.39, 0.29) is 30.9 Å². The second-order valence-corrected chi connectivity index (χ2v) is 7.00. The van der Waals surface area contributed by atoms with E-state index in [0.29, 0.717) is 23.7 Å². The van der Waals surface area contributed by atoms with Gasteiger partial charge in [-0.25, -0.2) is 0 Å². The third kappa shape index (κ3) is 6.14. The van der Waals surface area contributed by atoms with Crippen LogP contribution in [-0.4, -0.2) is 51.6 Å². The van der Waals surface area contributed by atoms with Gasteiger partial charge < -0.3 is 24.4 Å². The molecule has 1 N–H and O–H groups in total. The van der Waals surface area contributed by atoms with Crippen LogP contribution in [0.5, 0.6) is 17.2 Å². The fourth-order valence-electron chi connectivity index (χ4n) is 2.98. The highest BCUT2D eigenvalue weighted by Crippen LogP contribution is 2.28. The summed E-state index contributed by atoms with van der Waals surface area (Å²) in [4.78, 5) is 26.1. The van der Waals surface area contributed by atoms with Gasteiger partial charge in [-0.1, -0.05) is 31.2 Å². The van der Waals surface area contributed by atoms with E-state index in [1.54, 1.807) is 46.5 Å². The van der Waals surface area contributed by atoms with Gasteiger partial charge in [-0.15, -0.1) is 0 Å². The van der Waals surface area contributed by atoms with Crippen molar-refractivity contribution >= 4 is 11.8 Å². The minimum absolute atomic E-state index is 0.0581. The van der Waals surface area contributed by atoms with Crippen molar-refractivity contribution in [3.8, 4) is 17.2 Å². The predicted molar refractivity (Wildman–Crippen MR) is 115 cm³/mol. The van der Waals surface area contributed by atoms with Gasteiger partial charge in [0, 0.05) is 31.3 Å². The predicted octanol–water partition coefficient (Wildman–Crippen LogP) is 2.98. The average molecular weight is 415 g/mol. The molecule has 30 heavy (non-hydrogen) atoms. The number of para-hydroxylation sites is 1. The van der Waals surface area contributed by atoms with E-state index in [0.717, 1.165) is 11.1 Å². The molecule has 1 unspecified atom stereocenters. The SMILES string of the molecule is CCC(NC(=O)Cc1ccc(OC)cc1OC)c1ccccc1OCC(=O)N(C)C. The number of carbonyl (C=O) groups is 2. The van der Waals surface area contributed by atoms with Crippen LogP contribution in [-0.2, 0) is 16.0 Å². The Kier molecular flexibility index (Phi) is 8.53. The minimum atomic E-state index is -0.243. The summed E-state index contributed by atoms with van der Waals surface area (Å²) in [7, 11) is 6.51. The lowest BCUT2D eigenvalue weighted by molar-refractivity contribution is -0.130. The minimum Gasteiger partial charge on any atom is -0.497 e. The summed E-state index contributed by atoms with van der Waals surface area (Å²) in [5, 5.41) is 3.06. The highest BCUT2D eigenvalue weighted by Gasteiger charge is 2.19. The van der Waals surface area contributed by atoms with Crippen LogP contribution in [0.1, 0.15) is 30.5 Å². The van der Waals surface area contributed by atoms with Crippen molar-refractivity contribution in [1.29, 1.82) is 0 Å². The summed E-state index contributed by atoms with van der Waals surface area (Å²) < 4.78 is 16.3. The van der Waals surface area contributed by atoms with Gasteiger partial charge >= 0.3 is 0 Å².